The molecule has 0 heterocycles. The summed E-state index contributed by atoms with van der Waals surface area (Å²) in [5.41, 5.74) is 5.73. The molecular weight excluding hydrogens is 544 g/mol. The zero-order valence-corrected chi connectivity index (χ0v) is 29.0. The molecule has 0 saturated heterocycles. The Balaban J connectivity index is 1.48. The van der Waals surface area contributed by atoms with Crippen molar-refractivity contribution >= 4 is 11.9 Å². The second-order valence-corrected chi connectivity index (χ2v) is 18.6. The normalized spacial score (nSPS) is 49.7. The predicted octanol–water partition coefficient (Wildman–Crippen LogP) is 9.79. The molecule has 0 amide bonds. The SMILES string of the molecule is CC(C)C1=C2C3CC4C(C)(C(=O)O)CCCC4(C)C4CCC(C(C)C)=C(C5CC6C(C)(C(=O)O)CCCC6(C)C(CC1)C25)C34. The maximum absolute atomic E-state index is 13.1. The van der Waals surface area contributed by atoms with E-state index in [9.17, 15) is 19.8 Å². The molecule has 5 fully saturated rings. The molecule has 0 aromatic carbocycles. The van der Waals surface area contributed by atoms with E-state index >= 15 is 0 Å². The van der Waals surface area contributed by atoms with Gasteiger partial charge in [0.25, 0.3) is 0 Å². The van der Waals surface area contributed by atoms with E-state index in [2.05, 4.69) is 55.4 Å². The van der Waals surface area contributed by atoms with Crippen molar-refractivity contribution < 1.29 is 19.8 Å². The molecule has 7 aliphatic rings. The van der Waals surface area contributed by atoms with E-state index in [1.165, 1.54) is 12.8 Å². The predicted molar refractivity (Wildman–Crippen MR) is 175 cm³/mol. The van der Waals surface area contributed by atoms with Crippen molar-refractivity contribution in [1.29, 1.82) is 0 Å². The molecule has 0 bridgehead atoms. The summed E-state index contributed by atoms with van der Waals surface area (Å²) in [5.74, 6) is 3.27. The third-order valence-corrected chi connectivity index (χ3v) is 16.4. The van der Waals surface area contributed by atoms with Crippen LogP contribution in [0, 0.1) is 80.8 Å². The molecular formula is C40H60O4. The number of hydrogen-bond donors (Lipinski definition) is 2. The average Bonchev–Trinajstić information content (AvgIpc) is 2.95. The molecule has 244 valence electrons. The Morgan fingerprint density at radius 1 is 0.636 bits per heavy atom. The number of allylic oxidation sites excluding steroid dienone is 4. The first-order valence-electron chi connectivity index (χ1n) is 18.5. The van der Waals surface area contributed by atoms with Crippen molar-refractivity contribution in [2.75, 3.05) is 0 Å². The van der Waals surface area contributed by atoms with E-state index in [-0.39, 0.29) is 22.7 Å². The third-order valence-electron chi connectivity index (χ3n) is 16.4. The molecule has 0 aromatic heterocycles. The molecule has 0 spiro atoms. The first kappa shape index (κ1) is 31.0. The topological polar surface area (TPSA) is 74.6 Å². The Bertz CT molecular complexity index is 1220. The van der Waals surface area contributed by atoms with Gasteiger partial charge in [-0.05, 0) is 148 Å². The third kappa shape index (κ3) is 3.81. The highest BCUT2D eigenvalue weighted by atomic mass is 16.4. The summed E-state index contributed by atoms with van der Waals surface area (Å²) in [6.07, 6.45) is 12.7. The van der Waals surface area contributed by atoms with Crippen molar-refractivity contribution in [3.63, 3.8) is 0 Å². The number of hydrogen-bond acceptors (Lipinski definition) is 2. The number of carboxylic acids is 2. The second kappa shape index (κ2) is 9.96. The van der Waals surface area contributed by atoms with Crippen LogP contribution in [0.2, 0.25) is 0 Å². The van der Waals surface area contributed by atoms with Gasteiger partial charge in [0.2, 0.25) is 0 Å². The van der Waals surface area contributed by atoms with E-state index in [0.29, 0.717) is 47.3 Å². The quantitative estimate of drug-likeness (QED) is 0.313. The fourth-order valence-electron chi connectivity index (χ4n) is 14.5. The van der Waals surface area contributed by atoms with E-state index in [1.807, 2.05) is 0 Å². The van der Waals surface area contributed by atoms with E-state index < -0.39 is 22.8 Å². The molecule has 0 aromatic rings. The largest absolute Gasteiger partial charge is 0.481 e. The number of carboxylic acid groups (broad SMARTS) is 2. The summed E-state index contributed by atoms with van der Waals surface area (Å²) < 4.78 is 0. The number of fused-ring (bicyclic) bond motifs is 6. The monoisotopic (exact) mass is 604 g/mol. The molecule has 5 saturated carbocycles. The number of aliphatic carboxylic acids is 2. The van der Waals surface area contributed by atoms with Gasteiger partial charge in [0.15, 0.2) is 0 Å². The van der Waals surface area contributed by atoms with Crippen LogP contribution >= 0.6 is 0 Å². The van der Waals surface area contributed by atoms with Gasteiger partial charge in [0.1, 0.15) is 0 Å². The fourth-order valence-corrected chi connectivity index (χ4v) is 14.5. The molecule has 12 atom stereocenters. The minimum atomic E-state index is -0.653. The van der Waals surface area contributed by atoms with Crippen LogP contribution in [0.1, 0.15) is 132 Å². The van der Waals surface area contributed by atoms with Crippen LogP contribution in [0.25, 0.3) is 0 Å². The number of rotatable bonds is 4. The lowest BCUT2D eigenvalue weighted by molar-refractivity contribution is -0.184. The summed E-state index contributed by atoms with van der Waals surface area (Å²) in [7, 11) is 0. The Morgan fingerprint density at radius 2 is 1.00 bits per heavy atom. The van der Waals surface area contributed by atoms with Gasteiger partial charge in [-0.25, -0.2) is 0 Å². The molecule has 0 radical (unpaired) electrons. The molecule has 0 aliphatic heterocycles. The van der Waals surface area contributed by atoms with Gasteiger partial charge < -0.3 is 10.2 Å². The molecule has 44 heavy (non-hydrogen) atoms. The van der Waals surface area contributed by atoms with E-state index in [0.717, 1.165) is 64.2 Å². The van der Waals surface area contributed by atoms with Crippen LogP contribution in [-0.2, 0) is 9.59 Å². The summed E-state index contributed by atoms with van der Waals surface area (Å²) in [5, 5.41) is 21.6. The minimum Gasteiger partial charge on any atom is -0.481 e. The van der Waals surface area contributed by atoms with Gasteiger partial charge in [-0.1, -0.05) is 76.7 Å². The van der Waals surface area contributed by atoms with Gasteiger partial charge in [-0.3, -0.25) is 9.59 Å². The van der Waals surface area contributed by atoms with Crippen LogP contribution in [0.15, 0.2) is 22.3 Å². The van der Waals surface area contributed by atoms with Crippen LogP contribution in [-0.4, -0.2) is 22.2 Å². The van der Waals surface area contributed by atoms with Gasteiger partial charge >= 0.3 is 11.9 Å². The van der Waals surface area contributed by atoms with Crippen LogP contribution in [0.3, 0.4) is 0 Å². The van der Waals surface area contributed by atoms with E-state index in [1.54, 1.807) is 22.3 Å². The molecule has 2 N–H and O–H groups in total. The van der Waals surface area contributed by atoms with E-state index in [4.69, 9.17) is 0 Å². The highest BCUT2D eigenvalue weighted by Crippen LogP contribution is 2.76. The zero-order valence-electron chi connectivity index (χ0n) is 29.0. The summed E-state index contributed by atoms with van der Waals surface area (Å²) in [4.78, 5) is 26.2. The standard InChI is InChI=1S/C40H60O4/c1-21(2)23-11-13-27-33-26(20-30-37(27,5)15-9-18-40(30,8)36(43)44)32-24(22(3)4)12-14-28-34(32)25(31(23)33)19-29-38(28,6)16-10-17-39(29,7)35(41)42/h21-22,25-30,33-34H,9-20H2,1-8H3,(H,41,42)(H,43,44). The lowest BCUT2D eigenvalue weighted by atomic mass is 9.34. The van der Waals surface area contributed by atoms with Crippen LogP contribution in [0.5, 0.6) is 0 Å². The molecule has 12 unspecified atom stereocenters. The Kier molecular flexibility index (Phi) is 7.03. The first-order chi connectivity index (χ1) is 20.6. The molecule has 4 nitrogen and oxygen atoms in total. The highest BCUT2D eigenvalue weighted by molar-refractivity contribution is 5.75. The van der Waals surface area contributed by atoms with Crippen molar-refractivity contribution in [3.05, 3.63) is 22.3 Å². The van der Waals surface area contributed by atoms with Crippen molar-refractivity contribution in [1.82, 2.24) is 0 Å². The van der Waals surface area contributed by atoms with Crippen LogP contribution < -0.4 is 0 Å². The summed E-state index contributed by atoms with van der Waals surface area (Å²) >= 11 is 0. The highest BCUT2D eigenvalue weighted by Gasteiger charge is 2.69. The molecule has 7 aliphatic carbocycles. The van der Waals surface area contributed by atoms with Crippen molar-refractivity contribution in [3.8, 4) is 0 Å². The van der Waals surface area contributed by atoms with Crippen molar-refractivity contribution in [2.24, 2.45) is 80.8 Å². The smallest absolute Gasteiger partial charge is 0.309 e. The number of carbonyl (C=O) groups is 2. The lowest BCUT2D eigenvalue weighted by Crippen LogP contribution is -2.64. The molecule has 7 rings (SSSR count). The average molecular weight is 605 g/mol. The minimum absolute atomic E-state index is 0.0450. The zero-order chi connectivity index (χ0) is 31.7. The summed E-state index contributed by atoms with van der Waals surface area (Å²) in [6.45, 7) is 18.8. The first-order valence-corrected chi connectivity index (χ1v) is 18.5. The maximum atomic E-state index is 13.1. The van der Waals surface area contributed by atoms with Crippen LogP contribution in [0.4, 0.5) is 0 Å². The maximum Gasteiger partial charge on any atom is 0.309 e. The second-order valence-electron chi connectivity index (χ2n) is 18.6. The lowest BCUT2D eigenvalue weighted by Gasteiger charge is -2.70. The van der Waals surface area contributed by atoms with Gasteiger partial charge in [-0.2, -0.15) is 0 Å². The fraction of sp³-hybridized carbons (Fsp3) is 0.850. The summed E-state index contributed by atoms with van der Waals surface area (Å²) in [6, 6.07) is 0. The van der Waals surface area contributed by atoms with Gasteiger partial charge in [0.05, 0.1) is 10.8 Å². The van der Waals surface area contributed by atoms with Gasteiger partial charge in [-0.15, -0.1) is 0 Å². The Morgan fingerprint density at radius 3 is 1.32 bits per heavy atom. The molecule has 4 heteroatoms. The van der Waals surface area contributed by atoms with Crippen molar-refractivity contribution in [2.45, 2.75) is 132 Å². The van der Waals surface area contributed by atoms with Gasteiger partial charge in [0, 0.05) is 0 Å². The Hall–Kier alpha value is -1.58. The Labute approximate surface area is 266 Å².